The lowest BCUT2D eigenvalue weighted by molar-refractivity contribution is -0.384. The molecule has 1 fully saturated rings. The van der Waals surface area contributed by atoms with E-state index in [0.29, 0.717) is 43.1 Å². The van der Waals surface area contributed by atoms with Crippen molar-refractivity contribution < 1.29 is 22.9 Å². The lowest BCUT2D eigenvalue weighted by Gasteiger charge is -2.26. The molecule has 0 spiro atoms. The van der Waals surface area contributed by atoms with Crippen molar-refractivity contribution in [1.82, 2.24) is 8.87 Å². The van der Waals surface area contributed by atoms with Crippen LogP contribution in [-0.4, -0.2) is 61.5 Å². The first-order valence-corrected chi connectivity index (χ1v) is 16.2. The Bertz CT molecular complexity index is 1910. The Hall–Kier alpha value is -4.23. The van der Waals surface area contributed by atoms with Crippen LogP contribution >= 0.6 is 11.8 Å². The number of hydrogen-bond acceptors (Lipinski definition) is 7. The number of nitrogens with zero attached hydrogens (tertiary/aromatic N) is 4. The monoisotopic (exact) mass is 630 g/mol. The zero-order valence-corrected chi connectivity index (χ0v) is 26.0. The lowest BCUT2D eigenvalue weighted by Crippen LogP contribution is -2.40. The fraction of sp³-hybridized carbons (Fsp3) is 0.219. The van der Waals surface area contributed by atoms with Crippen LogP contribution in [0.15, 0.2) is 87.5 Å². The molecule has 1 amide bonds. The van der Waals surface area contributed by atoms with E-state index in [2.05, 4.69) is 4.57 Å². The molecule has 0 aliphatic carbocycles. The minimum absolute atomic E-state index is 0.0573. The second kappa shape index (κ2) is 11.7. The third-order valence-corrected chi connectivity index (χ3v) is 10.8. The molecule has 12 heteroatoms. The zero-order chi connectivity index (χ0) is 31.2. The smallest absolute Gasteiger partial charge is 0.269 e. The van der Waals surface area contributed by atoms with Crippen LogP contribution in [0.25, 0.3) is 17.3 Å². The molecule has 0 radical (unpaired) electrons. The predicted octanol–water partition coefficient (Wildman–Crippen LogP) is 5.69. The number of hydrogen-bond donors (Lipinski definition) is 0. The minimum Gasteiger partial charge on any atom is -0.379 e. The molecular weight excluding hydrogens is 601 g/mol. The second-order valence-corrected chi connectivity index (χ2v) is 13.7. The Morgan fingerprint density at radius 1 is 0.932 bits per heavy atom. The maximum absolute atomic E-state index is 13.4. The van der Waals surface area contributed by atoms with Gasteiger partial charge in [-0.15, -0.1) is 0 Å². The Morgan fingerprint density at radius 3 is 2.20 bits per heavy atom. The number of sulfonamides is 1. The highest BCUT2D eigenvalue weighted by Crippen LogP contribution is 2.39. The average Bonchev–Trinajstić information content (AvgIpc) is 3.44. The van der Waals surface area contributed by atoms with E-state index < -0.39 is 14.9 Å². The van der Waals surface area contributed by atoms with Crippen LogP contribution in [0.1, 0.15) is 22.5 Å². The van der Waals surface area contributed by atoms with Gasteiger partial charge in [0, 0.05) is 70.3 Å². The Labute approximate surface area is 259 Å². The van der Waals surface area contributed by atoms with Crippen molar-refractivity contribution in [1.29, 1.82) is 0 Å². The van der Waals surface area contributed by atoms with Gasteiger partial charge in [0.25, 0.3) is 11.6 Å². The number of carbonyl (C=O) groups excluding carboxylic acids is 1. The standard InChI is InChI=1S/C32H30N4O6S2/c1-21-18-23(22(2)35(21)24-4-8-26(9-5-24)43-27-10-6-25(7-11-27)36(38)39)19-30-29-20-28(12-13-31(29)33(3)32(30)37)44(40,41)34-14-16-42-17-15-34/h4-13,18-20H,14-17H2,1-3H3/b30-19-. The molecule has 2 aliphatic rings. The number of benzene rings is 3. The van der Waals surface area contributed by atoms with E-state index in [0.717, 1.165) is 32.4 Å². The number of non-ortho nitro benzene ring substituents is 1. The van der Waals surface area contributed by atoms with E-state index in [-0.39, 0.29) is 16.5 Å². The molecule has 226 valence electrons. The normalized spacial score (nSPS) is 16.5. The second-order valence-electron chi connectivity index (χ2n) is 10.6. The molecule has 3 aromatic carbocycles. The molecule has 44 heavy (non-hydrogen) atoms. The maximum atomic E-state index is 13.4. The minimum atomic E-state index is -3.73. The summed E-state index contributed by atoms with van der Waals surface area (Å²) in [6, 6.07) is 21.4. The molecule has 10 nitrogen and oxygen atoms in total. The number of morpholine rings is 1. The Balaban J connectivity index is 1.29. The summed E-state index contributed by atoms with van der Waals surface area (Å²) in [4.78, 5) is 27.5. The molecule has 1 saturated heterocycles. The van der Waals surface area contributed by atoms with Gasteiger partial charge in [0.15, 0.2) is 0 Å². The number of aryl methyl sites for hydroxylation is 1. The molecule has 0 N–H and O–H groups in total. The number of ether oxygens (including phenoxy) is 1. The van der Waals surface area contributed by atoms with E-state index in [4.69, 9.17) is 4.74 Å². The molecule has 2 aliphatic heterocycles. The van der Waals surface area contributed by atoms with Crippen molar-refractivity contribution in [2.45, 2.75) is 28.5 Å². The van der Waals surface area contributed by atoms with Gasteiger partial charge in [-0.1, -0.05) is 11.8 Å². The van der Waals surface area contributed by atoms with Crippen LogP contribution in [0.2, 0.25) is 0 Å². The summed E-state index contributed by atoms with van der Waals surface area (Å²) in [5.74, 6) is -0.196. The summed E-state index contributed by atoms with van der Waals surface area (Å²) in [5.41, 5.74) is 5.48. The van der Waals surface area contributed by atoms with Gasteiger partial charge in [-0.3, -0.25) is 14.9 Å². The molecule has 1 aromatic heterocycles. The fourth-order valence-electron chi connectivity index (χ4n) is 5.59. The maximum Gasteiger partial charge on any atom is 0.269 e. The van der Waals surface area contributed by atoms with Crippen molar-refractivity contribution in [3.63, 3.8) is 0 Å². The van der Waals surface area contributed by atoms with Crippen LogP contribution in [-0.2, 0) is 19.6 Å². The Kier molecular flexibility index (Phi) is 7.93. The molecule has 3 heterocycles. The van der Waals surface area contributed by atoms with Gasteiger partial charge in [0.2, 0.25) is 10.0 Å². The Morgan fingerprint density at radius 2 is 1.57 bits per heavy atom. The summed E-state index contributed by atoms with van der Waals surface area (Å²) < 4.78 is 35.6. The molecule has 0 unspecified atom stereocenters. The number of likely N-dealkylation sites (N-methyl/N-ethyl adjacent to an activating group) is 1. The van der Waals surface area contributed by atoms with Crippen LogP contribution in [0.4, 0.5) is 11.4 Å². The number of amides is 1. The first kappa shape index (κ1) is 29.8. The summed E-state index contributed by atoms with van der Waals surface area (Å²) in [6.45, 7) is 5.29. The number of fused-ring (bicyclic) bond motifs is 1. The van der Waals surface area contributed by atoms with Gasteiger partial charge < -0.3 is 14.2 Å². The van der Waals surface area contributed by atoms with Crippen molar-refractivity contribution in [2.75, 3.05) is 38.3 Å². The summed E-state index contributed by atoms with van der Waals surface area (Å²) in [6.07, 6.45) is 1.84. The van der Waals surface area contributed by atoms with Crippen LogP contribution in [0, 0.1) is 24.0 Å². The van der Waals surface area contributed by atoms with Gasteiger partial charge in [-0.25, -0.2) is 8.42 Å². The van der Waals surface area contributed by atoms with E-state index in [1.54, 1.807) is 42.3 Å². The van der Waals surface area contributed by atoms with Gasteiger partial charge in [0.1, 0.15) is 0 Å². The summed E-state index contributed by atoms with van der Waals surface area (Å²) >= 11 is 1.52. The number of nitro groups is 1. The SMILES string of the molecule is Cc1cc(/C=C2\C(=O)N(C)c3ccc(S(=O)(=O)N4CCOCC4)cc32)c(C)n1-c1ccc(Sc2ccc([N+](=O)[O-])cc2)cc1. The number of anilines is 1. The van der Waals surface area contributed by atoms with Gasteiger partial charge in [-0.2, -0.15) is 4.31 Å². The third kappa shape index (κ3) is 5.45. The molecule has 0 atom stereocenters. The summed E-state index contributed by atoms with van der Waals surface area (Å²) in [7, 11) is -2.04. The van der Waals surface area contributed by atoms with E-state index in [1.807, 2.05) is 50.3 Å². The zero-order valence-electron chi connectivity index (χ0n) is 24.4. The van der Waals surface area contributed by atoms with Gasteiger partial charge >= 0.3 is 0 Å². The van der Waals surface area contributed by atoms with Gasteiger partial charge in [0.05, 0.1) is 28.7 Å². The van der Waals surface area contributed by atoms with Crippen molar-refractivity contribution in [3.8, 4) is 5.69 Å². The average molecular weight is 631 g/mol. The summed E-state index contributed by atoms with van der Waals surface area (Å²) in [5, 5.41) is 10.9. The molecule has 6 rings (SSSR count). The number of carbonyl (C=O) groups is 1. The van der Waals surface area contributed by atoms with Crippen molar-refractivity contribution in [3.05, 3.63) is 105 Å². The van der Waals surface area contributed by atoms with Crippen LogP contribution < -0.4 is 4.90 Å². The highest BCUT2D eigenvalue weighted by atomic mass is 32.2. The molecule has 0 saturated carbocycles. The van der Waals surface area contributed by atoms with Crippen LogP contribution in [0.5, 0.6) is 0 Å². The van der Waals surface area contributed by atoms with E-state index in [9.17, 15) is 23.3 Å². The largest absolute Gasteiger partial charge is 0.379 e. The first-order valence-electron chi connectivity index (χ1n) is 14.0. The van der Waals surface area contributed by atoms with Crippen molar-refractivity contribution >= 4 is 50.7 Å². The highest BCUT2D eigenvalue weighted by Gasteiger charge is 2.33. The fourth-order valence-corrected chi connectivity index (χ4v) is 7.84. The lowest BCUT2D eigenvalue weighted by atomic mass is 10.0. The molecule has 0 bridgehead atoms. The van der Waals surface area contributed by atoms with Crippen LogP contribution in [0.3, 0.4) is 0 Å². The molecular formula is C32H30N4O6S2. The quantitative estimate of drug-likeness (QED) is 0.146. The first-order chi connectivity index (χ1) is 21.0. The predicted molar refractivity (Wildman–Crippen MR) is 170 cm³/mol. The van der Waals surface area contributed by atoms with Crippen molar-refractivity contribution in [2.24, 2.45) is 0 Å². The highest BCUT2D eigenvalue weighted by molar-refractivity contribution is 7.99. The third-order valence-electron chi connectivity index (χ3n) is 7.91. The van der Waals surface area contributed by atoms with E-state index in [1.165, 1.54) is 28.2 Å². The number of rotatable bonds is 7. The van der Waals surface area contributed by atoms with E-state index >= 15 is 0 Å². The number of aromatic nitrogens is 1. The topological polar surface area (TPSA) is 115 Å². The molecule has 4 aromatic rings. The van der Waals surface area contributed by atoms with Gasteiger partial charge in [-0.05, 0) is 86.2 Å². The number of nitro benzene ring substituents is 1.